The standard InChI is InChI=1S/C14H20ClNO/c1-16-10-14(6-3-7-14)9-11-4-5-12(17-2)8-13(11)15/h4-5,8,16H,3,6-7,9-10H2,1-2H3. The lowest BCUT2D eigenvalue weighted by Gasteiger charge is -2.42. The number of hydrogen-bond acceptors (Lipinski definition) is 2. The zero-order valence-corrected chi connectivity index (χ0v) is 11.3. The smallest absolute Gasteiger partial charge is 0.120 e. The Hall–Kier alpha value is -0.730. The highest BCUT2D eigenvalue weighted by Gasteiger charge is 2.36. The fourth-order valence-corrected chi connectivity index (χ4v) is 2.91. The van der Waals surface area contributed by atoms with Gasteiger partial charge in [-0.3, -0.25) is 0 Å². The van der Waals surface area contributed by atoms with Gasteiger partial charge in [0.15, 0.2) is 0 Å². The number of hydrogen-bond donors (Lipinski definition) is 1. The molecule has 0 saturated heterocycles. The summed E-state index contributed by atoms with van der Waals surface area (Å²) < 4.78 is 5.17. The van der Waals surface area contributed by atoms with Crippen LogP contribution in [0.1, 0.15) is 24.8 Å². The molecule has 0 aromatic heterocycles. The largest absolute Gasteiger partial charge is 0.497 e. The lowest BCUT2D eigenvalue weighted by atomic mass is 9.65. The number of ether oxygens (including phenoxy) is 1. The van der Waals surface area contributed by atoms with Gasteiger partial charge >= 0.3 is 0 Å². The third-order valence-electron chi connectivity index (χ3n) is 3.79. The predicted octanol–water partition coefficient (Wildman–Crippen LogP) is 3.28. The molecule has 17 heavy (non-hydrogen) atoms. The maximum absolute atomic E-state index is 6.30. The summed E-state index contributed by atoms with van der Waals surface area (Å²) in [4.78, 5) is 0. The number of nitrogens with one attached hydrogen (secondary N) is 1. The Morgan fingerprint density at radius 1 is 1.41 bits per heavy atom. The van der Waals surface area contributed by atoms with E-state index in [0.717, 1.165) is 23.7 Å². The topological polar surface area (TPSA) is 21.3 Å². The summed E-state index contributed by atoms with van der Waals surface area (Å²) in [6.07, 6.45) is 5.01. The third-order valence-corrected chi connectivity index (χ3v) is 4.14. The van der Waals surface area contributed by atoms with Crippen molar-refractivity contribution < 1.29 is 4.74 Å². The van der Waals surface area contributed by atoms with Crippen molar-refractivity contribution in [1.29, 1.82) is 0 Å². The molecule has 0 atom stereocenters. The van der Waals surface area contributed by atoms with E-state index in [9.17, 15) is 0 Å². The van der Waals surface area contributed by atoms with Crippen LogP contribution in [-0.4, -0.2) is 20.7 Å². The molecule has 1 saturated carbocycles. The molecule has 0 aliphatic heterocycles. The minimum atomic E-state index is 0.424. The van der Waals surface area contributed by atoms with Gasteiger partial charge in [-0.2, -0.15) is 0 Å². The normalized spacial score (nSPS) is 17.6. The maximum atomic E-state index is 6.30. The Morgan fingerprint density at radius 3 is 2.65 bits per heavy atom. The van der Waals surface area contributed by atoms with E-state index in [1.54, 1.807) is 7.11 Å². The fraction of sp³-hybridized carbons (Fsp3) is 0.571. The molecule has 0 heterocycles. The highest BCUT2D eigenvalue weighted by atomic mass is 35.5. The molecule has 0 bridgehead atoms. The van der Waals surface area contributed by atoms with E-state index in [4.69, 9.17) is 16.3 Å². The third kappa shape index (κ3) is 2.75. The van der Waals surface area contributed by atoms with Crippen LogP contribution in [-0.2, 0) is 6.42 Å². The maximum Gasteiger partial charge on any atom is 0.120 e. The van der Waals surface area contributed by atoms with Gasteiger partial charge in [0.05, 0.1) is 7.11 Å². The van der Waals surface area contributed by atoms with Crippen LogP contribution >= 0.6 is 11.6 Å². The van der Waals surface area contributed by atoms with Crippen molar-refractivity contribution >= 4 is 11.6 Å². The second-order valence-electron chi connectivity index (χ2n) is 5.02. The number of benzene rings is 1. The summed E-state index contributed by atoms with van der Waals surface area (Å²) >= 11 is 6.30. The second-order valence-corrected chi connectivity index (χ2v) is 5.43. The van der Waals surface area contributed by atoms with Gasteiger partial charge in [0.1, 0.15) is 5.75 Å². The summed E-state index contributed by atoms with van der Waals surface area (Å²) in [7, 11) is 3.69. The van der Waals surface area contributed by atoms with Gasteiger partial charge in [-0.25, -0.2) is 0 Å². The highest BCUT2D eigenvalue weighted by Crippen LogP contribution is 2.44. The SMILES string of the molecule is CNCC1(Cc2ccc(OC)cc2Cl)CCC1. The van der Waals surface area contributed by atoms with Gasteiger partial charge in [0, 0.05) is 11.6 Å². The average molecular weight is 254 g/mol. The zero-order chi connectivity index (χ0) is 12.3. The molecule has 0 spiro atoms. The minimum Gasteiger partial charge on any atom is -0.497 e. The lowest BCUT2D eigenvalue weighted by Crippen LogP contribution is -2.40. The van der Waals surface area contributed by atoms with Gasteiger partial charge in [-0.05, 0) is 49.4 Å². The molecule has 1 aromatic rings. The molecule has 0 unspecified atom stereocenters. The first kappa shape index (κ1) is 12.7. The van der Waals surface area contributed by atoms with E-state index in [1.165, 1.54) is 24.8 Å². The van der Waals surface area contributed by atoms with Crippen molar-refractivity contribution in [2.24, 2.45) is 5.41 Å². The summed E-state index contributed by atoms with van der Waals surface area (Å²) in [6, 6.07) is 5.99. The molecular formula is C14H20ClNO. The molecule has 0 radical (unpaired) electrons. The highest BCUT2D eigenvalue weighted by molar-refractivity contribution is 6.31. The Labute approximate surface area is 108 Å². The Morgan fingerprint density at radius 2 is 2.18 bits per heavy atom. The quantitative estimate of drug-likeness (QED) is 0.870. The first-order valence-electron chi connectivity index (χ1n) is 6.16. The van der Waals surface area contributed by atoms with E-state index in [2.05, 4.69) is 11.4 Å². The van der Waals surface area contributed by atoms with Crippen molar-refractivity contribution in [1.82, 2.24) is 5.32 Å². The van der Waals surface area contributed by atoms with Gasteiger partial charge in [-0.15, -0.1) is 0 Å². The Kier molecular flexibility index (Phi) is 3.95. The minimum absolute atomic E-state index is 0.424. The van der Waals surface area contributed by atoms with Crippen LogP contribution in [0.15, 0.2) is 18.2 Å². The molecule has 1 aliphatic carbocycles. The van der Waals surface area contributed by atoms with Crippen molar-refractivity contribution in [2.45, 2.75) is 25.7 Å². The van der Waals surface area contributed by atoms with E-state index in [1.807, 2.05) is 19.2 Å². The van der Waals surface area contributed by atoms with Gasteiger partial charge in [-0.1, -0.05) is 24.1 Å². The van der Waals surface area contributed by atoms with E-state index in [0.29, 0.717) is 5.41 Å². The molecule has 3 heteroatoms. The second kappa shape index (κ2) is 5.28. The van der Waals surface area contributed by atoms with Crippen LogP contribution in [0.5, 0.6) is 5.75 Å². The Bertz CT molecular complexity index is 388. The number of rotatable bonds is 5. The van der Waals surface area contributed by atoms with Crippen molar-refractivity contribution in [3.05, 3.63) is 28.8 Å². The Balaban J connectivity index is 2.12. The molecule has 1 aromatic carbocycles. The van der Waals surface area contributed by atoms with Crippen molar-refractivity contribution in [3.63, 3.8) is 0 Å². The molecule has 94 valence electrons. The molecule has 1 N–H and O–H groups in total. The molecule has 1 fully saturated rings. The number of methoxy groups -OCH3 is 1. The summed E-state index contributed by atoms with van der Waals surface area (Å²) in [5, 5.41) is 4.13. The van der Waals surface area contributed by atoms with Crippen LogP contribution < -0.4 is 10.1 Å². The van der Waals surface area contributed by atoms with Crippen LogP contribution in [0.25, 0.3) is 0 Å². The predicted molar refractivity (Wildman–Crippen MR) is 71.9 cm³/mol. The van der Waals surface area contributed by atoms with Gasteiger partial charge in [0.25, 0.3) is 0 Å². The molecule has 2 rings (SSSR count). The summed E-state index contributed by atoms with van der Waals surface area (Å²) in [6.45, 7) is 1.08. The molecular weight excluding hydrogens is 234 g/mol. The molecule has 0 amide bonds. The monoisotopic (exact) mass is 253 g/mol. The van der Waals surface area contributed by atoms with E-state index in [-0.39, 0.29) is 0 Å². The molecule has 1 aliphatic rings. The average Bonchev–Trinajstić information content (AvgIpc) is 2.28. The van der Waals surface area contributed by atoms with Crippen molar-refractivity contribution in [3.8, 4) is 5.75 Å². The first-order valence-corrected chi connectivity index (χ1v) is 6.54. The number of halogens is 1. The zero-order valence-electron chi connectivity index (χ0n) is 10.6. The lowest BCUT2D eigenvalue weighted by molar-refractivity contribution is 0.133. The van der Waals surface area contributed by atoms with Gasteiger partial charge in [0.2, 0.25) is 0 Å². The van der Waals surface area contributed by atoms with Gasteiger partial charge < -0.3 is 10.1 Å². The van der Waals surface area contributed by atoms with Crippen LogP contribution in [0.3, 0.4) is 0 Å². The summed E-state index contributed by atoms with van der Waals surface area (Å²) in [5.74, 6) is 0.829. The van der Waals surface area contributed by atoms with Crippen LogP contribution in [0, 0.1) is 5.41 Å². The first-order chi connectivity index (χ1) is 8.19. The van der Waals surface area contributed by atoms with Crippen LogP contribution in [0.4, 0.5) is 0 Å². The van der Waals surface area contributed by atoms with Crippen molar-refractivity contribution in [2.75, 3.05) is 20.7 Å². The summed E-state index contributed by atoms with van der Waals surface area (Å²) in [5.41, 5.74) is 1.66. The fourth-order valence-electron chi connectivity index (χ4n) is 2.67. The van der Waals surface area contributed by atoms with E-state index < -0.39 is 0 Å². The van der Waals surface area contributed by atoms with Crippen LogP contribution in [0.2, 0.25) is 5.02 Å². The van der Waals surface area contributed by atoms with E-state index >= 15 is 0 Å². The molecule has 2 nitrogen and oxygen atoms in total.